The molecule has 7 nitrogen and oxygen atoms in total. The topological polar surface area (TPSA) is 80.1 Å². The van der Waals surface area contributed by atoms with Gasteiger partial charge in [-0.05, 0) is 48.2 Å². The molecule has 0 aliphatic carbocycles. The Hall–Kier alpha value is -3.48. The maximum atomic E-state index is 12.5. The largest absolute Gasteiger partial charge is 0.348 e. The van der Waals surface area contributed by atoms with Crippen molar-refractivity contribution in [1.82, 2.24) is 20.1 Å². The SMILES string of the molecule is O=C(NCc1cccc(N2CCCCC2=O)c1)c1ccc(Cn2cncn2)cc1. The van der Waals surface area contributed by atoms with Crippen LogP contribution < -0.4 is 10.2 Å². The molecule has 0 saturated carbocycles. The van der Waals surface area contributed by atoms with Crippen molar-refractivity contribution in [3.8, 4) is 0 Å². The molecular formula is C22H23N5O2. The van der Waals surface area contributed by atoms with Gasteiger partial charge in [0.1, 0.15) is 12.7 Å². The van der Waals surface area contributed by atoms with Gasteiger partial charge in [-0.3, -0.25) is 9.59 Å². The van der Waals surface area contributed by atoms with Crippen LogP contribution in [0.5, 0.6) is 0 Å². The van der Waals surface area contributed by atoms with Gasteiger partial charge in [-0.1, -0.05) is 24.3 Å². The molecule has 2 heterocycles. The third-order valence-electron chi connectivity index (χ3n) is 5.03. The molecule has 7 heteroatoms. The Balaban J connectivity index is 1.35. The van der Waals surface area contributed by atoms with Gasteiger partial charge in [0.15, 0.2) is 0 Å². The summed E-state index contributed by atoms with van der Waals surface area (Å²) in [5.41, 5.74) is 3.52. The Morgan fingerprint density at radius 2 is 1.93 bits per heavy atom. The van der Waals surface area contributed by atoms with Gasteiger partial charge in [-0.25, -0.2) is 9.67 Å². The monoisotopic (exact) mass is 389 g/mol. The number of amides is 2. The molecule has 0 spiro atoms. The number of carbonyl (C=O) groups is 2. The van der Waals surface area contributed by atoms with Crippen molar-refractivity contribution >= 4 is 17.5 Å². The van der Waals surface area contributed by atoms with Gasteiger partial charge in [0.05, 0.1) is 6.54 Å². The maximum absolute atomic E-state index is 12.5. The molecular weight excluding hydrogens is 366 g/mol. The van der Waals surface area contributed by atoms with E-state index in [1.165, 1.54) is 6.33 Å². The van der Waals surface area contributed by atoms with E-state index < -0.39 is 0 Å². The number of hydrogen-bond donors (Lipinski definition) is 1. The first-order chi connectivity index (χ1) is 14.2. The quantitative estimate of drug-likeness (QED) is 0.703. The van der Waals surface area contributed by atoms with Crippen molar-refractivity contribution in [1.29, 1.82) is 0 Å². The first-order valence-corrected chi connectivity index (χ1v) is 9.78. The number of piperidine rings is 1. The molecule has 1 N–H and O–H groups in total. The van der Waals surface area contributed by atoms with E-state index in [1.54, 1.807) is 11.0 Å². The summed E-state index contributed by atoms with van der Waals surface area (Å²) in [7, 11) is 0. The third-order valence-corrected chi connectivity index (χ3v) is 5.03. The molecule has 1 aliphatic rings. The normalized spacial score (nSPS) is 14.1. The van der Waals surface area contributed by atoms with E-state index >= 15 is 0 Å². The number of nitrogens with zero attached hydrogens (tertiary/aromatic N) is 4. The lowest BCUT2D eigenvalue weighted by Crippen LogP contribution is -2.35. The highest BCUT2D eigenvalue weighted by Crippen LogP contribution is 2.22. The van der Waals surface area contributed by atoms with Crippen LogP contribution in [0.25, 0.3) is 0 Å². The number of nitrogens with one attached hydrogen (secondary N) is 1. The summed E-state index contributed by atoms with van der Waals surface area (Å²) in [6, 6.07) is 15.3. The van der Waals surface area contributed by atoms with Crippen LogP contribution in [-0.2, 0) is 17.9 Å². The minimum atomic E-state index is -0.128. The lowest BCUT2D eigenvalue weighted by atomic mass is 10.1. The molecule has 1 fully saturated rings. The van der Waals surface area contributed by atoms with E-state index in [0.29, 0.717) is 25.1 Å². The summed E-state index contributed by atoms with van der Waals surface area (Å²) < 4.78 is 1.73. The smallest absolute Gasteiger partial charge is 0.251 e. The second kappa shape index (κ2) is 8.68. The molecule has 0 radical (unpaired) electrons. The fraction of sp³-hybridized carbons (Fsp3) is 0.273. The molecule has 1 saturated heterocycles. The van der Waals surface area contributed by atoms with Crippen LogP contribution in [0, 0.1) is 0 Å². The number of anilines is 1. The fourth-order valence-corrected chi connectivity index (χ4v) is 3.46. The number of carbonyl (C=O) groups excluding carboxylic acids is 2. The molecule has 2 amide bonds. The molecule has 1 aliphatic heterocycles. The van der Waals surface area contributed by atoms with E-state index in [0.717, 1.165) is 36.2 Å². The van der Waals surface area contributed by atoms with Crippen LogP contribution in [-0.4, -0.2) is 33.1 Å². The van der Waals surface area contributed by atoms with Crippen molar-refractivity contribution in [2.75, 3.05) is 11.4 Å². The van der Waals surface area contributed by atoms with Gasteiger partial charge in [0.25, 0.3) is 5.91 Å². The zero-order valence-corrected chi connectivity index (χ0v) is 16.1. The highest BCUT2D eigenvalue weighted by Gasteiger charge is 2.19. The van der Waals surface area contributed by atoms with Crippen LogP contribution >= 0.6 is 0 Å². The Labute approximate surface area is 169 Å². The standard InChI is InChI=1S/C22H23N5O2/c28-21-6-1-2-11-27(21)20-5-3-4-18(12-20)13-24-22(29)19-9-7-17(8-10-19)14-26-16-23-15-25-26/h3-5,7-10,12,15-16H,1-2,6,11,13-14H2,(H,24,29). The van der Waals surface area contributed by atoms with E-state index in [1.807, 2.05) is 53.4 Å². The lowest BCUT2D eigenvalue weighted by molar-refractivity contribution is -0.119. The molecule has 148 valence electrons. The van der Waals surface area contributed by atoms with E-state index in [2.05, 4.69) is 15.4 Å². The predicted octanol–water partition coefficient (Wildman–Crippen LogP) is 2.77. The van der Waals surface area contributed by atoms with Crippen molar-refractivity contribution in [3.63, 3.8) is 0 Å². The van der Waals surface area contributed by atoms with Crippen molar-refractivity contribution in [2.24, 2.45) is 0 Å². The van der Waals surface area contributed by atoms with Gasteiger partial charge < -0.3 is 10.2 Å². The van der Waals surface area contributed by atoms with Crippen LogP contribution in [0.2, 0.25) is 0 Å². The minimum Gasteiger partial charge on any atom is -0.348 e. The maximum Gasteiger partial charge on any atom is 0.251 e. The average molecular weight is 389 g/mol. The number of rotatable bonds is 6. The van der Waals surface area contributed by atoms with Crippen molar-refractivity contribution in [3.05, 3.63) is 77.9 Å². The van der Waals surface area contributed by atoms with Gasteiger partial charge >= 0.3 is 0 Å². The molecule has 29 heavy (non-hydrogen) atoms. The second-order valence-electron chi connectivity index (χ2n) is 7.15. The van der Waals surface area contributed by atoms with Crippen molar-refractivity contribution in [2.45, 2.75) is 32.4 Å². The van der Waals surface area contributed by atoms with E-state index in [4.69, 9.17) is 0 Å². The van der Waals surface area contributed by atoms with Gasteiger partial charge in [0.2, 0.25) is 5.91 Å². The highest BCUT2D eigenvalue weighted by atomic mass is 16.2. The summed E-state index contributed by atoms with van der Waals surface area (Å²) in [6.07, 6.45) is 5.75. The molecule has 3 aromatic rings. The van der Waals surface area contributed by atoms with Crippen LogP contribution in [0.4, 0.5) is 5.69 Å². The number of hydrogen-bond acceptors (Lipinski definition) is 4. The summed E-state index contributed by atoms with van der Waals surface area (Å²) in [6.45, 7) is 1.79. The number of aromatic nitrogens is 3. The van der Waals surface area contributed by atoms with Crippen molar-refractivity contribution < 1.29 is 9.59 Å². The molecule has 0 bridgehead atoms. The Morgan fingerprint density at radius 3 is 2.69 bits per heavy atom. The Bertz CT molecular complexity index is 983. The average Bonchev–Trinajstić information content (AvgIpc) is 3.26. The summed E-state index contributed by atoms with van der Waals surface area (Å²) in [5, 5.41) is 7.03. The first-order valence-electron chi connectivity index (χ1n) is 9.78. The summed E-state index contributed by atoms with van der Waals surface area (Å²) in [4.78, 5) is 30.4. The fourth-order valence-electron chi connectivity index (χ4n) is 3.46. The van der Waals surface area contributed by atoms with Gasteiger partial charge in [0, 0.05) is 30.8 Å². The first kappa shape index (κ1) is 18.9. The third kappa shape index (κ3) is 4.68. The summed E-state index contributed by atoms with van der Waals surface area (Å²) >= 11 is 0. The molecule has 1 aromatic heterocycles. The van der Waals surface area contributed by atoms with E-state index in [9.17, 15) is 9.59 Å². The van der Waals surface area contributed by atoms with Gasteiger partial charge in [-0.2, -0.15) is 5.10 Å². The van der Waals surface area contributed by atoms with Crippen LogP contribution in [0.1, 0.15) is 40.7 Å². The Kier molecular flexibility index (Phi) is 5.65. The lowest BCUT2D eigenvalue weighted by Gasteiger charge is -2.27. The minimum absolute atomic E-state index is 0.128. The zero-order valence-electron chi connectivity index (χ0n) is 16.1. The van der Waals surface area contributed by atoms with E-state index in [-0.39, 0.29) is 11.8 Å². The molecule has 2 aromatic carbocycles. The van der Waals surface area contributed by atoms with Crippen LogP contribution in [0.3, 0.4) is 0 Å². The molecule has 4 rings (SSSR count). The van der Waals surface area contributed by atoms with Crippen LogP contribution in [0.15, 0.2) is 61.2 Å². The second-order valence-corrected chi connectivity index (χ2v) is 7.15. The Morgan fingerprint density at radius 1 is 1.07 bits per heavy atom. The molecule has 0 unspecified atom stereocenters. The molecule has 0 atom stereocenters. The predicted molar refractivity (Wildman–Crippen MR) is 109 cm³/mol. The number of benzene rings is 2. The summed E-state index contributed by atoms with van der Waals surface area (Å²) in [5.74, 6) is 0.0418. The highest BCUT2D eigenvalue weighted by molar-refractivity contribution is 5.95. The van der Waals surface area contributed by atoms with Gasteiger partial charge in [-0.15, -0.1) is 0 Å². The zero-order chi connectivity index (χ0) is 20.1.